The van der Waals surface area contributed by atoms with Gasteiger partial charge in [-0.2, -0.15) is 0 Å². The number of benzene rings is 1. The lowest BCUT2D eigenvalue weighted by Gasteiger charge is -2.43. The Morgan fingerprint density at radius 1 is 1.25 bits per heavy atom. The van der Waals surface area contributed by atoms with E-state index >= 15 is 0 Å². The summed E-state index contributed by atoms with van der Waals surface area (Å²) in [5.41, 5.74) is 2.71. The largest absolute Gasteiger partial charge is 0.497 e. The number of likely N-dealkylation sites (tertiary alicyclic amines) is 1. The standard InChI is InChI=1S/C16H21NO3/c1-19-14-6-5-11-8-12-4-3-7-17(16(18)20-2)15(12)10-13(11)9-14/h5-6,9,12,15H,3-4,7-8,10H2,1-2H3/t12-,15+/m0/s1. The van der Waals surface area contributed by atoms with Crippen LogP contribution in [-0.4, -0.2) is 37.8 Å². The number of hydrogen-bond acceptors (Lipinski definition) is 3. The summed E-state index contributed by atoms with van der Waals surface area (Å²) in [5, 5.41) is 0. The maximum Gasteiger partial charge on any atom is 0.409 e. The van der Waals surface area contributed by atoms with Crippen LogP contribution in [-0.2, 0) is 17.6 Å². The van der Waals surface area contributed by atoms with Crippen molar-refractivity contribution < 1.29 is 14.3 Å². The number of nitrogens with zero attached hydrogens (tertiary/aromatic N) is 1. The van der Waals surface area contributed by atoms with Crippen molar-refractivity contribution in [3.8, 4) is 5.75 Å². The summed E-state index contributed by atoms with van der Waals surface area (Å²) < 4.78 is 10.2. The van der Waals surface area contributed by atoms with Crippen molar-refractivity contribution in [1.29, 1.82) is 0 Å². The highest BCUT2D eigenvalue weighted by atomic mass is 16.5. The first kappa shape index (κ1) is 13.3. The van der Waals surface area contributed by atoms with Gasteiger partial charge in [-0.15, -0.1) is 0 Å². The van der Waals surface area contributed by atoms with Crippen LogP contribution in [0, 0.1) is 5.92 Å². The third kappa shape index (κ3) is 2.23. The molecule has 1 aromatic rings. The highest BCUT2D eigenvalue weighted by Crippen LogP contribution is 2.36. The Hall–Kier alpha value is -1.71. The monoisotopic (exact) mass is 275 g/mol. The molecule has 1 amide bonds. The molecule has 1 fully saturated rings. The van der Waals surface area contributed by atoms with E-state index in [1.807, 2.05) is 11.0 Å². The van der Waals surface area contributed by atoms with E-state index in [-0.39, 0.29) is 12.1 Å². The van der Waals surface area contributed by atoms with Crippen LogP contribution in [0.25, 0.3) is 0 Å². The number of fused-ring (bicyclic) bond motifs is 2. The topological polar surface area (TPSA) is 38.8 Å². The molecular weight excluding hydrogens is 254 g/mol. The van der Waals surface area contributed by atoms with Crippen LogP contribution >= 0.6 is 0 Å². The Balaban J connectivity index is 1.88. The minimum atomic E-state index is -0.189. The summed E-state index contributed by atoms with van der Waals surface area (Å²) in [6.07, 6.45) is 4.04. The first-order chi connectivity index (χ1) is 9.72. The quantitative estimate of drug-likeness (QED) is 0.791. The molecule has 0 unspecified atom stereocenters. The number of ether oxygens (including phenoxy) is 2. The number of carbonyl (C=O) groups is 1. The summed E-state index contributed by atoms with van der Waals surface area (Å²) in [5.74, 6) is 1.45. The van der Waals surface area contributed by atoms with Gasteiger partial charge in [-0.25, -0.2) is 4.79 Å². The second-order valence-corrected chi connectivity index (χ2v) is 5.68. The number of amides is 1. The van der Waals surface area contributed by atoms with Gasteiger partial charge < -0.3 is 14.4 Å². The van der Waals surface area contributed by atoms with E-state index < -0.39 is 0 Å². The zero-order chi connectivity index (χ0) is 14.1. The zero-order valence-corrected chi connectivity index (χ0v) is 12.1. The highest BCUT2D eigenvalue weighted by molar-refractivity contribution is 5.68. The smallest absolute Gasteiger partial charge is 0.409 e. The van der Waals surface area contributed by atoms with Crippen molar-refractivity contribution >= 4 is 6.09 Å². The van der Waals surface area contributed by atoms with E-state index in [0.717, 1.165) is 31.6 Å². The number of methoxy groups -OCH3 is 2. The molecule has 4 heteroatoms. The lowest BCUT2D eigenvalue weighted by Crippen LogP contribution is -2.51. The average Bonchev–Trinajstić information content (AvgIpc) is 2.51. The molecule has 0 spiro atoms. The van der Waals surface area contributed by atoms with Crippen LogP contribution in [0.1, 0.15) is 24.0 Å². The van der Waals surface area contributed by atoms with E-state index in [1.165, 1.54) is 24.7 Å². The molecule has 0 radical (unpaired) electrons. The molecule has 1 aromatic carbocycles. The number of carbonyl (C=O) groups excluding carboxylic acids is 1. The Morgan fingerprint density at radius 3 is 2.85 bits per heavy atom. The molecule has 0 bridgehead atoms. The maximum absolute atomic E-state index is 11.9. The van der Waals surface area contributed by atoms with Crippen molar-refractivity contribution in [2.45, 2.75) is 31.7 Å². The Bertz CT molecular complexity index is 514. The van der Waals surface area contributed by atoms with Gasteiger partial charge in [-0.3, -0.25) is 0 Å². The minimum Gasteiger partial charge on any atom is -0.497 e. The molecule has 108 valence electrons. The van der Waals surface area contributed by atoms with Crippen LogP contribution in [0.2, 0.25) is 0 Å². The van der Waals surface area contributed by atoms with Crippen molar-refractivity contribution in [3.05, 3.63) is 29.3 Å². The van der Waals surface area contributed by atoms with Crippen LogP contribution in [0.4, 0.5) is 4.79 Å². The Morgan fingerprint density at radius 2 is 2.10 bits per heavy atom. The second kappa shape index (κ2) is 5.35. The maximum atomic E-state index is 11.9. The molecule has 2 aliphatic rings. The van der Waals surface area contributed by atoms with Crippen molar-refractivity contribution in [1.82, 2.24) is 4.90 Å². The van der Waals surface area contributed by atoms with Crippen LogP contribution in [0.5, 0.6) is 5.75 Å². The number of piperidine rings is 1. The third-order valence-corrected chi connectivity index (χ3v) is 4.65. The van der Waals surface area contributed by atoms with Crippen molar-refractivity contribution in [2.75, 3.05) is 20.8 Å². The lowest BCUT2D eigenvalue weighted by molar-refractivity contribution is 0.0618. The van der Waals surface area contributed by atoms with Gasteiger partial charge in [0.1, 0.15) is 5.75 Å². The van der Waals surface area contributed by atoms with Crippen molar-refractivity contribution in [3.63, 3.8) is 0 Å². The minimum absolute atomic E-state index is 0.189. The fourth-order valence-electron chi connectivity index (χ4n) is 3.62. The van der Waals surface area contributed by atoms with Gasteiger partial charge >= 0.3 is 6.09 Å². The van der Waals surface area contributed by atoms with Gasteiger partial charge in [0.15, 0.2) is 0 Å². The predicted octanol–water partition coefficient (Wildman–Crippen LogP) is 2.64. The molecule has 0 aromatic heterocycles. The fourth-order valence-corrected chi connectivity index (χ4v) is 3.62. The van der Waals surface area contributed by atoms with Crippen LogP contribution in [0.15, 0.2) is 18.2 Å². The SMILES string of the molecule is COC(=O)N1CCC[C@H]2Cc3ccc(OC)cc3C[C@H]21. The summed E-state index contributed by atoms with van der Waals surface area (Å²) >= 11 is 0. The van der Waals surface area contributed by atoms with Gasteiger partial charge in [0, 0.05) is 12.6 Å². The van der Waals surface area contributed by atoms with Gasteiger partial charge in [0.25, 0.3) is 0 Å². The highest BCUT2D eigenvalue weighted by Gasteiger charge is 2.38. The third-order valence-electron chi connectivity index (χ3n) is 4.65. The van der Waals surface area contributed by atoms with Gasteiger partial charge in [0.05, 0.1) is 14.2 Å². The van der Waals surface area contributed by atoms with E-state index in [4.69, 9.17) is 9.47 Å². The molecule has 1 saturated heterocycles. The molecule has 20 heavy (non-hydrogen) atoms. The summed E-state index contributed by atoms with van der Waals surface area (Å²) in [6.45, 7) is 0.813. The average molecular weight is 275 g/mol. The molecule has 0 saturated carbocycles. The fraction of sp³-hybridized carbons (Fsp3) is 0.562. The van der Waals surface area contributed by atoms with E-state index in [1.54, 1.807) is 7.11 Å². The number of hydrogen-bond donors (Lipinski definition) is 0. The van der Waals surface area contributed by atoms with E-state index in [9.17, 15) is 4.79 Å². The molecular formula is C16H21NO3. The lowest BCUT2D eigenvalue weighted by atomic mass is 9.75. The summed E-state index contributed by atoms with van der Waals surface area (Å²) in [4.78, 5) is 13.8. The summed E-state index contributed by atoms with van der Waals surface area (Å²) in [6, 6.07) is 6.58. The van der Waals surface area contributed by atoms with Crippen LogP contribution in [0.3, 0.4) is 0 Å². The summed E-state index contributed by atoms with van der Waals surface area (Å²) in [7, 11) is 3.15. The van der Waals surface area contributed by atoms with E-state index in [2.05, 4.69) is 12.1 Å². The zero-order valence-electron chi connectivity index (χ0n) is 12.1. The first-order valence-electron chi connectivity index (χ1n) is 7.23. The molecule has 1 aliphatic heterocycles. The van der Waals surface area contributed by atoms with Gasteiger partial charge in [-0.1, -0.05) is 6.07 Å². The number of rotatable bonds is 1. The predicted molar refractivity (Wildman–Crippen MR) is 76.0 cm³/mol. The van der Waals surface area contributed by atoms with Crippen molar-refractivity contribution in [2.24, 2.45) is 5.92 Å². The first-order valence-corrected chi connectivity index (χ1v) is 7.23. The molecule has 1 heterocycles. The Kier molecular flexibility index (Phi) is 3.55. The molecule has 2 atom stereocenters. The molecule has 3 rings (SSSR count). The molecule has 0 N–H and O–H groups in total. The van der Waals surface area contributed by atoms with Gasteiger partial charge in [-0.05, 0) is 54.9 Å². The molecule has 1 aliphatic carbocycles. The van der Waals surface area contributed by atoms with E-state index in [0.29, 0.717) is 5.92 Å². The van der Waals surface area contributed by atoms with Crippen LogP contribution < -0.4 is 4.74 Å². The van der Waals surface area contributed by atoms with Gasteiger partial charge in [0.2, 0.25) is 0 Å². The Labute approximate surface area is 119 Å². The second-order valence-electron chi connectivity index (χ2n) is 5.68. The molecule has 4 nitrogen and oxygen atoms in total. The normalized spacial score (nSPS) is 24.6.